The zero-order valence-electron chi connectivity index (χ0n) is 11.5. The molecule has 2 aromatic carbocycles. The number of hydrogen-bond acceptors (Lipinski definition) is 1. The minimum atomic E-state index is -0.986. The second kappa shape index (κ2) is 5.78. The van der Waals surface area contributed by atoms with Crippen LogP contribution in [0, 0.1) is 0 Å². The number of nitrogens with one attached hydrogen (secondary N) is 1. The van der Waals surface area contributed by atoms with E-state index in [1.807, 2.05) is 12.1 Å². The molecule has 0 bridgehead atoms. The van der Waals surface area contributed by atoms with Crippen LogP contribution in [0.25, 0.3) is 11.1 Å². The highest BCUT2D eigenvalue weighted by Gasteiger charge is 2.28. The molecule has 1 aliphatic carbocycles. The van der Waals surface area contributed by atoms with E-state index in [1.165, 1.54) is 27.8 Å². The second-order valence-electron chi connectivity index (χ2n) is 5.19. The molecule has 1 amide bonds. The van der Waals surface area contributed by atoms with Crippen LogP contribution in [0.4, 0.5) is 4.79 Å². The Hall–Kier alpha value is -2.00. The second-order valence-corrected chi connectivity index (χ2v) is 5.56. The van der Waals surface area contributed by atoms with E-state index in [0.717, 1.165) is 6.42 Å². The van der Waals surface area contributed by atoms with E-state index in [9.17, 15) is 4.79 Å². The van der Waals surface area contributed by atoms with Gasteiger partial charge in [-0.15, -0.1) is 11.6 Å². The van der Waals surface area contributed by atoms with E-state index in [1.54, 1.807) is 0 Å². The van der Waals surface area contributed by atoms with Crippen molar-refractivity contribution in [3.05, 3.63) is 59.2 Å². The molecule has 2 N–H and O–H groups in total. The maximum atomic E-state index is 10.8. The first kappa shape index (κ1) is 14.0. The normalized spacial score (nSPS) is 15.4. The van der Waals surface area contributed by atoms with E-state index >= 15 is 0 Å². The number of hydrogen-bond donors (Lipinski definition) is 2. The van der Waals surface area contributed by atoms with Crippen LogP contribution < -0.4 is 5.32 Å². The third kappa shape index (κ3) is 2.61. The summed E-state index contributed by atoms with van der Waals surface area (Å²) >= 11 is 5.83. The van der Waals surface area contributed by atoms with Gasteiger partial charge in [0.15, 0.2) is 0 Å². The predicted molar refractivity (Wildman–Crippen MR) is 84.2 cm³/mol. The number of halogens is 1. The summed E-state index contributed by atoms with van der Waals surface area (Å²) in [6, 6.07) is 14.6. The maximum absolute atomic E-state index is 10.8. The Bertz CT molecular complexity index is 684. The van der Waals surface area contributed by atoms with Crippen molar-refractivity contribution < 1.29 is 9.90 Å². The molecule has 0 heterocycles. The van der Waals surface area contributed by atoms with Crippen molar-refractivity contribution in [2.75, 3.05) is 12.4 Å². The van der Waals surface area contributed by atoms with Crippen molar-refractivity contribution in [2.24, 2.45) is 0 Å². The third-order valence-electron chi connectivity index (χ3n) is 3.96. The number of carbonyl (C=O) groups is 1. The van der Waals surface area contributed by atoms with Crippen LogP contribution in [-0.4, -0.2) is 23.6 Å². The summed E-state index contributed by atoms with van der Waals surface area (Å²) in [4.78, 5) is 10.8. The van der Waals surface area contributed by atoms with Crippen LogP contribution in [0.1, 0.15) is 22.6 Å². The van der Waals surface area contributed by atoms with Crippen molar-refractivity contribution in [1.29, 1.82) is 0 Å². The first-order chi connectivity index (χ1) is 10.2. The van der Waals surface area contributed by atoms with Gasteiger partial charge in [-0.1, -0.05) is 42.5 Å². The van der Waals surface area contributed by atoms with Gasteiger partial charge in [0, 0.05) is 18.3 Å². The van der Waals surface area contributed by atoms with Gasteiger partial charge in [-0.05, 0) is 34.2 Å². The molecule has 0 radical (unpaired) electrons. The highest BCUT2D eigenvalue weighted by atomic mass is 35.5. The van der Waals surface area contributed by atoms with Crippen LogP contribution in [-0.2, 0) is 6.42 Å². The van der Waals surface area contributed by atoms with Crippen LogP contribution in [0.5, 0.6) is 0 Å². The zero-order valence-corrected chi connectivity index (χ0v) is 12.2. The van der Waals surface area contributed by atoms with Crippen LogP contribution in [0.2, 0.25) is 0 Å². The van der Waals surface area contributed by atoms with Gasteiger partial charge in [0.25, 0.3) is 0 Å². The highest BCUT2D eigenvalue weighted by molar-refractivity contribution is 6.18. The molecular weight excluding hydrogens is 286 g/mol. The standard InChI is InChI=1S/C17H16ClNO2/c18-8-7-11-5-6-14-15(9-11)12-3-1-2-4-13(12)16(14)10-19-17(20)21/h1-6,9,16,19H,7-8,10H2,(H,20,21). The van der Waals surface area contributed by atoms with Gasteiger partial charge in [0.05, 0.1) is 0 Å². The van der Waals surface area contributed by atoms with Gasteiger partial charge in [0.1, 0.15) is 0 Å². The van der Waals surface area contributed by atoms with Gasteiger partial charge in [-0.25, -0.2) is 4.79 Å². The number of rotatable bonds is 4. The SMILES string of the molecule is O=C(O)NCC1c2ccccc2-c2cc(CCCl)ccc21. The van der Waals surface area contributed by atoms with Gasteiger partial charge < -0.3 is 10.4 Å². The van der Waals surface area contributed by atoms with Gasteiger partial charge in [0.2, 0.25) is 0 Å². The Balaban J connectivity index is 2.03. The van der Waals surface area contributed by atoms with Crippen molar-refractivity contribution in [2.45, 2.75) is 12.3 Å². The number of carboxylic acid groups (broad SMARTS) is 1. The number of aryl methyl sites for hydroxylation is 1. The molecule has 1 atom stereocenters. The molecule has 0 spiro atoms. The molecule has 2 aromatic rings. The number of fused-ring (bicyclic) bond motifs is 3. The average molecular weight is 302 g/mol. The van der Waals surface area contributed by atoms with Gasteiger partial charge >= 0.3 is 6.09 Å². The molecule has 0 saturated carbocycles. The Kier molecular flexibility index (Phi) is 3.84. The van der Waals surface area contributed by atoms with Crippen LogP contribution in [0.3, 0.4) is 0 Å². The van der Waals surface area contributed by atoms with Crippen molar-refractivity contribution in [1.82, 2.24) is 5.32 Å². The molecule has 0 saturated heterocycles. The van der Waals surface area contributed by atoms with Crippen LogP contribution >= 0.6 is 11.6 Å². The molecule has 1 aliphatic rings. The fraction of sp³-hybridized carbons (Fsp3) is 0.235. The topological polar surface area (TPSA) is 49.3 Å². The van der Waals surface area contributed by atoms with E-state index in [4.69, 9.17) is 16.7 Å². The molecule has 21 heavy (non-hydrogen) atoms. The molecule has 3 nitrogen and oxygen atoms in total. The molecular formula is C17H16ClNO2. The zero-order chi connectivity index (χ0) is 14.8. The molecule has 4 heteroatoms. The summed E-state index contributed by atoms with van der Waals surface area (Å²) in [5.41, 5.74) is 5.98. The molecule has 0 aliphatic heterocycles. The summed E-state index contributed by atoms with van der Waals surface area (Å²) in [6.07, 6.45) is -0.144. The molecule has 1 unspecified atom stereocenters. The number of benzene rings is 2. The number of alkyl halides is 1. The molecule has 3 rings (SSSR count). The predicted octanol–water partition coefficient (Wildman–Crippen LogP) is 3.85. The Labute approximate surface area is 128 Å². The first-order valence-corrected chi connectivity index (χ1v) is 7.49. The minimum absolute atomic E-state index is 0.0809. The Morgan fingerprint density at radius 2 is 1.90 bits per heavy atom. The Morgan fingerprint density at radius 1 is 1.14 bits per heavy atom. The third-order valence-corrected chi connectivity index (χ3v) is 4.15. The van der Waals surface area contributed by atoms with Gasteiger partial charge in [-0.3, -0.25) is 0 Å². The molecule has 108 valence electrons. The van der Waals surface area contributed by atoms with E-state index in [2.05, 4.69) is 35.6 Å². The summed E-state index contributed by atoms with van der Waals surface area (Å²) in [5, 5.41) is 11.4. The van der Waals surface area contributed by atoms with Crippen molar-refractivity contribution in [3.63, 3.8) is 0 Å². The monoisotopic (exact) mass is 301 g/mol. The fourth-order valence-electron chi connectivity index (χ4n) is 3.03. The maximum Gasteiger partial charge on any atom is 0.404 e. The van der Waals surface area contributed by atoms with Crippen molar-refractivity contribution >= 4 is 17.7 Å². The quantitative estimate of drug-likeness (QED) is 0.843. The molecule has 0 aromatic heterocycles. The smallest absolute Gasteiger partial charge is 0.404 e. The lowest BCUT2D eigenvalue weighted by Crippen LogP contribution is -2.26. The summed E-state index contributed by atoms with van der Waals surface area (Å²) in [5.74, 6) is 0.682. The first-order valence-electron chi connectivity index (χ1n) is 6.95. The van der Waals surface area contributed by atoms with Gasteiger partial charge in [-0.2, -0.15) is 0 Å². The summed E-state index contributed by atoms with van der Waals surface area (Å²) < 4.78 is 0. The molecule has 0 fully saturated rings. The lowest BCUT2D eigenvalue weighted by molar-refractivity contribution is 0.194. The largest absolute Gasteiger partial charge is 0.465 e. The lowest BCUT2D eigenvalue weighted by atomic mass is 9.96. The minimum Gasteiger partial charge on any atom is -0.465 e. The number of amides is 1. The van der Waals surface area contributed by atoms with E-state index in [-0.39, 0.29) is 5.92 Å². The van der Waals surface area contributed by atoms with Crippen LogP contribution in [0.15, 0.2) is 42.5 Å². The summed E-state index contributed by atoms with van der Waals surface area (Å²) in [7, 11) is 0. The lowest BCUT2D eigenvalue weighted by Gasteiger charge is -2.13. The summed E-state index contributed by atoms with van der Waals surface area (Å²) in [6.45, 7) is 0.397. The Morgan fingerprint density at radius 3 is 2.67 bits per heavy atom. The van der Waals surface area contributed by atoms with Crippen molar-refractivity contribution in [3.8, 4) is 11.1 Å². The van der Waals surface area contributed by atoms with E-state index < -0.39 is 6.09 Å². The average Bonchev–Trinajstić information content (AvgIpc) is 2.79. The van der Waals surface area contributed by atoms with E-state index in [0.29, 0.717) is 12.4 Å². The fourth-order valence-corrected chi connectivity index (χ4v) is 3.25. The highest BCUT2D eigenvalue weighted by Crippen LogP contribution is 2.44.